The summed E-state index contributed by atoms with van der Waals surface area (Å²) < 4.78 is 11.3. The third-order valence-corrected chi connectivity index (χ3v) is 4.02. The van der Waals surface area contributed by atoms with Gasteiger partial charge in [0.2, 0.25) is 0 Å². The second-order valence-electron chi connectivity index (χ2n) is 5.52. The van der Waals surface area contributed by atoms with Crippen LogP contribution < -0.4 is 20.5 Å². The predicted octanol–water partition coefficient (Wildman–Crippen LogP) is 2.40. The lowest BCUT2D eigenvalue weighted by atomic mass is 10.0. The lowest BCUT2D eigenvalue weighted by Crippen LogP contribution is -2.29. The van der Waals surface area contributed by atoms with Gasteiger partial charge < -0.3 is 20.5 Å². The Morgan fingerprint density at radius 3 is 2.67 bits per heavy atom. The topological polar surface area (TPSA) is 69.4 Å². The standard InChI is InChI=1S/C16H21N3O2/c1-10(9-17)11(2)19-16-13-8-15-14(20-5-6-21-15)7-12(13)3-4-18-16/h3-4,7-8,10-11H,5-6,9,17H2,1-2H3,(H,18,19). The molecule has 5 heteroatoms. The first kappa shape index (κ1) is 13.9. The van der Waals surface area contributed by atoms with Crippen molar-refractivity contribution in [3.8, 4) is 11.5 Å². The number of aromatic nitrogens is 1. The van der Waals surface area contributed by atoms with E-state index in [0.717, 1.165) is 28.1 Å². The second-order valence-corrected chi connectivity index (χ2v) is 5.52. The Hall–Kier alpha value is -2.01. The number of nitrogens with zero attached hydrogens (tertiary/aromatic N) is 1. The summed E-state index contributed by atoms with van der Waals surface area (Å²) in [6, 6.07) is 6.24. The molecule has 0 amide bonds. The minimum Gasteiger partial charge on any atom is -0.486 e. The van der Waals surface area contributed by atoms with E-state index < -0.39 is 0 Å². The third kappa shape index (κ3) is 2.74. The molecule has 0 aliphatic carbocycles. The van der Waals surface area contributed by atoms with Crippen molar-refractivity contribution < 1.29 is 9.47 Å². The number of ether oxygens (including phenoxy) is 2. The van der Waals surface area contributed by atoms with Crippen molar-refractivity contribution in [1.29, 1.82) is 0 Å². The molecule has 1 aliphatic rings. The fraction of sp³-hybridized carbons (Fsp3) is 0.438. The van der Waals surface area contributed by atoms with Crippen LogP contribution in [0.1, 0.15) is 13.8 Å². The molecule has 5 nitrogen and oxygen atoms in total. The Kier molecular flexibility index (Phi) is 3.84. The van der Waals surface area contributed by atoms with Crippen LogP contribution in [0.3, 0.4) is 0 Å². The predicted molar refractivity (Wildman–Crippen MR) is 84.0 cm³/mol. The van der Waals surface area contributed by atoms with Crippen molar-refractivity contribution in [2.45, 2.75) is 19.9 Å². The molecular formula is C16H21N3O2. The number of hydrogen-bond donors (Lipinski definition) is 2. The van der Waals surface area contributed by atoms with E-state index in [2.05, 4.69) is 24.1 Å². The normalized spacial score (nSPS) is 16.5. The molecule has 0 fully saturated rings. The monoisotopic (exact) mass is 287 g/mol. The molecule has 0 radical (unpaired) electrons. The van der Waals surface area contributed by atoms with Gasteiger partial charge in [0.1, 0.15) is 19.0 Å². The van der Waals surface area contributed by atoms with Crippen molar-refractivity contribution in [3.05, 3.63) is 24.4 Å². The number of fused-ring (bicyclic) bond motifs is 2. The fourth-order valence-electron chi connectivity index (χ4n) is 2.39. The van der Waals surface area contributed by atoms with E-state index in [4.69, 9.17) is 15.2 Å². The van der Waals surface area contributed by atoms with Crippen LogP contribution in [0.25, 0.3) is 10.8 Å². The number of anilines is 1. The summed E-state index contributed by atoms with van der Waals surface area (Å²) in [5, 5.41) is 5.58. The van der Waals surface area contributed by atoms with Gasteiger partial charge in [0.05, 0.1) is 0 Å². The third-order valence-electron chi connectivity index (χ3n) is 4.02. The average molecular weight is 287 g/mol. The van der Waals surface area contributed by atoms with Gasteiger partial charge in [0, 0.05) is 17.6 Å². The van der Waals surface area contributed by atoms with Gasteiger partial charge in [-0.1, -0.05) is 6.92 Å². The molecule has 21 heavy (non-hydrogen) atoms. The fourth-order valence-corrected chi connectivity index (χ4v) is 2.39. The Morgan fingerprint density at radius 1 is 1.24 bits per heavy atom. The smallest absolute Gasteiger partial charge is 0.162 e. The van der Waals surface area contributed by atoms with Gasteiger partial charge in [0.25, 0.3) is 0 Å². The molecule has 1 aliphatic heterocycles. The summed E-state index contributed by atoms with van der Waals surface area (Å²) >= 11 is 0. The van der Waals surface area contributed by atoms with Gasteiger partial charge in [-0.2, -0.15) is 0 Å². The summed E-state index contributed by atoms with van der Waals surface area (Å²) in [6.07, 6.45) is 1.81. The van der Waals surface area contributed by atoms with E-state index in [9.17, 15) is 0 Å². The minimum absolute atomic E-state index is 0.251. The highest BCUT2D eigenvalue weighted by Crippen LogP contribution is 2.36. The molecule has 2 unspecified atom stereocenters. The van der Waals surface area contributed by atoms with E-state index in [1.54, 1.807) is 6.20 Å². The number of nitrogens with two attached hydrogens (primary N) is 1. The van der Waals surface area contributed by atoms with E-state index in [1.165, 1.54) is 0 Å². The summed E-state index contributed by atoms with van der Waals surface area (Å²) in [5.41, 5.74) is 5.73. The van der Waals surface area contributed by atoms with Gasteiger partial charge in [-0.3, -0.25) is 0 Å². The molecule has 1 aromatic heterocycles. The molecule has 0 saturated heterocycles. The molecule has 112 valence electrons. The quantitative estimate of drug-likeness (QED) is 0.903. The van der Waals surface area contributed by atoms with Crippen molar-refractivity contribution >= 4 is 16.6 Å². The first-order valence-electron chi connectivity index (χ1n) is 7.34. The van der Waals surface area contributed by atoms with Gasteiger partial charge in [-0.25, -0.2) is 4.98 Å². The molecule has 2 aromatic rings. The number of pyridine rings is 1. The van der Waals surface area contributed by atoms with Gasteiger partial charge >= 0.3 is 0 Å². The van der Waals surface area contributed by atoms with Crippen molar-refractivity contribution in [2.24, 2.45) is 11.7 Å². The first-order chi connectivity index (χ1) is 10.2. The molecule has 3 N–H and O–H groups in total. The maximum atomic E-state index is 5.73. The van der Waals surface area contributed by atoms with Gasteiger partial charge in [-0.05, 0) is 43.0 Å². The van der Waals surface area contributed by atoms with E-state index in [1.807, 2.05) is 18.2 Å². The maximum absolute atomic E-state index is 5.73. The van der Waals surface area contributed by atoms with Crippen LogP contribution >= 0.6 is 0 Å². The Bertz CT molecular complexity index is 645. The number of rotatable bonds is 4. The molecule has 0 bridgehead atoms. The van der Waals surface area contributed by atoms with Gasteiger partial charge in [-0.15, -0.1) is 0 Å². The molecule has 2 heterocycles. The molecule has 3 rings (SSSR count). The summed E-state index contributed by atoms with van der Waals surface area (Å²) in [7, 11) is 0. The minimum atomic E-state index is 0.251. The Balaban J connectivity index is 1.99. The van der Waals surface area contributed by atoms with Crippen LogP contribution in [0.5, 0.6) is 11.5 Å². The molecule has 0 spiro atoms. The molecular weight excluding hydrogens is 266 g/mol. The van der Waals surface area contributed by atoms with Crippen molar-refractivity contribution in [3.63, 3.8) is 0 Å². The maximum Gasteiger partial charge on any atom is 0.162 e. The van der Waals surface area contributed by atoms with Crippen LogP contribution in [0.4, 0.5) is 5.82 Å². The highest BCUT2D eigenvalue weighted by molar-refractivity contribution is 5.94. The number of hydrogen-bond acceptors (Lipinski definition) is 5. The van der Waals surface area contributed by atoms with Crippen LogP contribution in [0.15, 0.2) is 24.4 Å². The highest BCUT2D eigenvalue weighted by atomic mass is 16.6. The van der Waals surface area contributed by atoms with Crippen LogP contribution in [0, 0.1) is 5.92 Å². The van der Waals surface area contributed by atoms with E-state index in [-0.39, 0.29) is 6.04 Å². The van der Waals surface area contributed by atoms with Crippen molar-refractivity contribution in [2.75, 3.05) is 25.1 Å². The first-order valence-corrected chi connectivity index (χ1v) is 7.34. The van der Waals surface area contributed by atoms with Crippen molar-refractivity contribution in [1.82, 2.24) is 4.98 Å². The average Bonchev–Trinajstić information content (AvgIpc) is 2.52. The largest absolute Gasteiger partial charge is 0.486 e. The van der Waals surface area contributed by atoms with E-state index in [0.29, 0.717) is 25.7 Å². The lowest BCUT2D eigenvalue weighted by molar-refractivity contribution is 0.172. The SMILES string of the molecule is CC(CN)C(C)Nc1nccc2cc3c(cc12)OCCO3. The summed E-state index contributed by atoms with van der Waals surface area (Å²) in [4.78, 5) is 4.46. The highest BCUT2D eigenvalue weighted by Gasteiger charge is 2.16. The second kappa shape index (κ2) is 5.77. The molecule has 2 atom stereocenters. The zero-order valence-corrected chi connectivity index (χ0v) is 12.4. The zero-order valence-electron chi connectivity index (χ0n) is 12.4. The number of benzene rings is 1. The summed E-state index contributed by atoms with van der Waals surface area (Å²) in [6.45, 7) is 6.07. The van der Waals surface area contributed by atoms with Crippen LogP contribution in [0.2, 0.25) is 0 Å². The Morgan fingerprint density at radius 2 is 1.95 bits per heavy atom. The molecule has 0 saturated carbocycles. The zero-order chi connectivity index (χ0) is 14.8. The van der Waals surface area contributed by atoms with Crippen LogP contribution in [-0.4, -0.2) is 30.8 Å². The molecule has 1 aromatic carbocycles. The van der Waals surface area contributed by atoms with Crippen LogP contribution in [-0.2, 0) is 0 Å². The number of nitrogens with one attached hydrogen (secondary N) is 1. The Labute approximate surface area is 124 Å². The van der Waals surface area contributed by atoms with Gasteiger partial charge in [0.15, 0.2) is 11.5 Å². The van der Waals surface area contributed by atoms with E-state index >= 15 is 0 Å². The lowest BCUT2D eigenvalue weighted by Gasteiger charge is -2.22. The summed E-state index contributed by atoms with van der Waals surface area (Å²) in [5.74, 6) is 2.81.